The van der Waals surface area contributed by atoms with Crippen LogP contribution in [0.1, 0.15) is 0 Å². The van der Waals surface area contributed by atoms with Crippen molar-refractivity contribution in [3.8, 4) is 16.8 Å². The molecule has 8 aromatic rings. The van der Waals surface area contributed by atoms with Gasteiger partial charge in [-0.1, -0.05) is 152 Å². The summed E-state index contributed by atoms with van der Waals surface area (Å²) in [5.41, 5.74) is 5.75. The average molecular weight is 628 g/mol. The zero-order valence-corrected chi connectivity index (χ0v) is 27.1. The molecule has 1 aromatic heterocycles. The summed E-state index contributed by atoms with van der Waals surface area (Å²) in [5, 5.41) is 6.92. The van der Waals surface area contributed by atoms with E-state index in [9.17, 15) is 0 Å². The van der Waals surface area contributed by atoms with Crippen LogP contribution in [0, 0.1) is 13.1 Å². The largest absolute Gasteiger partial charge is 0.309 e. The molecular weight excluding hydrogens is 599 g/mol. The van der Waals surface area contributed by atoms with Gasteiger partial charge in [-0.05, 0) is 56.1 Å². The first-order valence-electron chi connectivity index (χ1n) is 15.9. The Morgan fingerprint density at radius 2 is 0.958 bits per heavy atom. The van der Waals surface area contributed by atoms with Gasteiger partial charge < -0.3 is 4.57 Å². The van der Waals surface area contributed by atoms with E-state index in [0.717, 1.165) is 27.5 Å². The zero-order valence-electron chi connectivity index (χ0n) is 26.1. The third-order valence-electron chi connectivity index (χ3n) is 9.39. The van der Waals surface area contributed by atoms with Gasteiger partial charge >= 0.3 is 0 Å². The Labute approximate surface area is 281 Å². The number of hydrogen-bond donors (Lipinski definition) is 0. The molecule has 0 aliphatic carbocycles. The van der Waals surface area contributed by atoms with Crippen LogP contribution in [0.25, 0.3) is 48.3 Å². The minimum absolute atomic E-state index is 0.473. The first-order valence-corrected chi connectivity index (χ1v) is 17.9. The summed E-state index contributed by atoms with van der Waals surface area (Å²) in [5.74, 6) is 0. The van der Waals surface area contributed by atoms with Gasteiger partial charge in [-0.3, -0.25) is 0 Å². The van der Waals surface area contributed by atoms with E-state index in [1.165, 1.54) is 26.3 Å². The van der Waals surface area contributed by atoms with Crippen molar-refractivity contribution in [1.82, 2.24) is 4.57 Å². The summed E-state index contributed by atoms with van der Waals surface area (Å²) >= 11 is 0. The number of benzene rings is 7. The molecule has 0 saturated heterocycles. The quantitative estimate of drug-likeness (QED) is 0.0993. The molecular formula is C44H29N3Si. The zero-order chi connectivity index (χ0) is 32.5. The van der Waals surface area contributed by atoms with Gasteiger partial charge in [0, 0.05) is 16.5 Å². The minimum atomic E-state index is -3.03. The average Bonchev–Trinajstić information content (AvgIpc) is 3.51. The van der Waals surface area contributed by atoms with Crippen molar-refractivity contribution in [2.45, 2.75) is 0 Å². The molecule has 0 aliphatic heterocycles. The fourth-order valence-electron chi connectivity index (χ4n) is 7.41. The highest BCUT2D eigenvalue weighted by atomic mass is 28.3. The Kier molecular flexibility index (Phi) is 7.27. The number of hydrogen-bond acceptors (Lipinski definition) is 0. The van der Waals surface area contributed by atoms with E-state index in [0.29, 0.717) is 16.9 Å². The van der Waals surface area contributed by atoms with Gasteiger partial charge in [0.25, 0.3) is 0 Å². The van der Waals surface area contributed by atoms with Crippen molar-refractivity contribution < 1.29 is 0 Å². The van der Waals surface area contributed by atoms with Gasteiger partial charge in [-0.2, -0.15) is 0 Å². The molecule has 0 N–H and O–H groups in total. The smallest absolute Gasteiger partial charge is 0.185 e. The van der Waals surface area contributed by atoms with Crippen molar-refractivity contribution in [2.75, 3.05) is 0 Å². The normalized spacial score (nSPS) is 11.3. The van der Waals surface area contributed by atoms with Crippen LogP contribution in [0.2, 0.25) is 0 Å². The van der Waals surface area contributed by atoms with Crippen LogP contribution in [0.3, 0.4) is 0 Å². The number of aromatic nitrogens is 1. The molecule has 8 rings (SSSR count). The highest BCUT2D eigenvalue weighted by Crippen LogP contribution is 2.41. The second kappa shape index (κ2) is 12.0. The van der Waals surface area contributed by atoms with Crippen LogP contribution < -0.4 is 20.7 Å². The molecule has 0 spiro atoms. The van der Waals surface area contributed by atoms with Crippen LogP contribution >= 0.6 is 0 Å². The Morgan fingerprint density at radius 3 is 1.46 bits per heavy atom. The SMILES string of the molecule is [C-]#[N+]c1ccc([Si](c2ccccc2)(c2ccccc2)c2ccccc2)c([N+]#[C-])c1-c1cccc(-n2c3ccccc3c3ccccc32)c1. The van der Waals surface area contributed by atoms with Crippen LogP contribution in [0.4, 0.5) is 11.4 Å². The molecule has 224 valence electrons. The van der Waals surface area contributed by atoms with Crippen molar-refractivity contribution in [3.63, 3.8) is 0 Å². The van der Waals surface area contributed by atoms with Gasteiger partial charge in [-0.15, -0.1) is 0 Å². The van der Waals surface area contributed by atoms with Gasteiger partial charge in [0.2, 0.25) is 0 Å². The minimum Gasteiger partial charge on any atom is -0.309 e. The Morgan fingerprint density at radius 1 is 0.458 bits per heavy atom. The first-order chi connectivity index (χ1) is 23.8. The molecule has 0 fully saturated rings. The molecule has 0 aliphatic rings. The van der Waals surface area contributed by atoms with Crippen molar-refractivity contribution in [3.05, 3.63) is 199 Å². The lowest BCUT2D eigenvalue weighted by Gasteiger charge is -2.36. The van der Waals surface area contributed by atoms with Gasteiger partial charge in [0.05, 0.1) is 24.2 Å². The predicted molar refractivity (Wildman–Crippen MR) is 202 cm³/mol. The molecule has 0 unspecified atom stereocenters. The number of rotatable bonds is 6. The molecule has 7 aromatic carbocycles. The summed E-state index contributed by atoms with van der Waals surface area (Å²) in [6.07, 6.45) is 0. The van der Waals surface area contributed by atoms with Gasteiger partial charge in [0.1, 0.15) is 0 Å². The van der Waals surface area contributed by atoms with Crippen LogP contribution in [0.5, 0.6) is 0 Å². The van der Waals surface area contributed by atoms with E-state index in [2.05, 4.69) is 154 Å². The Hall–Kier alpha value is -6.46. The van der Waals surface area contributed by atoms with E-state index in [1.807, 2.05) is 36.4 Å². The molecule has 3 nitrogen and oxygen atoms in total. The molecule has 0 amide bonds. The summed E-state index contributed by atoms with van der Waals surface area (Å²) in [4.78, 5) is 8.33. The van der Waals surface area contributed by atoms with Gasteiger partial charge in [-0.25, -0.2) is 9.69 Å². The molecule has 1 heterocycles. The fraction of sp³-hybridized carbons (Fsp3) is 0. The molecule has 0 saturated carbocycles. The molecule has 48 heavy (non-hydrogen) atoms. The molecule has 0 bridgehead atoms. The summed E-state index contributed by atoms with van der Waals surface area (Å²) in [6.45, 7) is 17.0. The van der Waals surface area contributed by atoms with E-state index >= 15 is 0 Å². The van der Waals surface area contributed by atoms with E-state index in [4.69, 9.17) is 13.1 Å². The first kappa shape index (κ1) is 29.0. The van der Waals surface area contributed by atoms with E-state index < -0.39 is 8.07 Å². The maximum Gasteiger partial charge on any atom is 0.185 e. The lowest BCUT2D eigenvalue weighted by molar-refractivity contribution is 1.18. The summed E-state index contributed by atoms with van der Waals surface area (Å²) < 4.78 is 2.28. The van der Waals surface area contributed by atoms with Crippen LogP contribution in [-0.4, -0.2) is 12.6 Å². The maximum absolute atomic E-state index is 8.76. The highest BCUT2D eigenvalue weighted by Gasteiger charge is 2.43. The number of nitrogens with zero attached hydrogens (tertiary/aromatic N) is 3. The standard InChI is InChI=1S/C44H29N3Si/c1-45-39-29-30-42(48(34-19-6-3-7-20-34,35-21-8-4-9-22-35)36-23-10-5-11-24-36)44(46-2)43(39)32-17-16-18-33(31-32)47-40-27-14-12-25-37(40)38-26-13-15-28-41(38)47/h3-31H. The molecule has 4 heteroatoms. The fourth-order valence-corrected chi connectivity index (χ4v) is 12.3. The maximum atomic E-state index is 8.76. The third kappa shape index (κ3) is 4.48. The van der Waals surface area contributed by atoms with Gasteiger partial charge in [0.15, 0.2) is 19.4 Å². The number of para-hydroxylation sites is 2. The third-order valence-corrected chi connectivity index (χ3v) is 14.2. The summed E-state index contributed by atoms with van der Waals surface area (Å²) in [6, 6.07) is 61.1. The topological polar surface area (TPSA) is 13.7 Å². The Balaban J connectivity index is 1.45. The predicted octanol–water partition coefficient (Wildman–Crippen LogP) is 8.93. The second-order valence-corrected chi connectivity index (χ2v) is 15.6. The van der Waals surface area contributed by atoms with Crippen molar-refractivity contribution in [2.24, 2.45) is 0 Å². The Bertz CT molecular complexity index is 2370. The molecule has 0 radical (unpaired) electrons. The number of fused-ring (bicyclic) bond motifs is 3. The van der Waals surface area contributed by atoms with Crippen LogP contribution in [-0.2, 0) is 0 Å². The van der Waals surface area contributed by atoms with Crippen molar-refractivity contribution >= 4 is 62.0 Å². The monoisotopic (exact) mass is 627 g/mol. The van der Waals surface area contributed by atoms with E-state index in [-0.39, 0.29) is 0 Å². The van der Waals surface area contributed by atoms with E-state index in [1.54, 1.807) is 0 Å². The molecule has 0 atom stereocenters. The van der Waals surface area contributed by atoms with Crippen LogP contribution in [0.15, 0.2) is 176 Å². The second-order valence-electron chi connectivity index (χ2n) is 11.8. The lowest BCUT2D eigenvalue weighted by Crippen LogP contribution is -2.74. The highest BCUT2D eigenvalue weighted by molar-refractivity contribution is 7.20. The summed E-state index contributed by atoms with van der Waals surface area (Å²) in [7, 11) is -3.03. The van der Waals surface area contributed by atoms with Crippen molar-refractivity contribution in [1.29, 1.82) is 0 Å². The lowest BCUT2D eigenvalue weighted by atomic mass is 10.0.